The molecule has 0 radical (unpaired) electrons. The van der Waals surface area contributed by atoms with Crippen LogP contribution in [0.3, 0.4) is 0 Å². The zero-order valence-corrected chi connectivity index (χ0v) is 10.4. The largest absolute Gasteiger partial charge is 0.494 e. The van der Waals surface area contributed by atoms with Gasteiger partial charge in [-0.05, 0) is 70.3 Å². The molecule has 0 fully saturated rings. The van der Waals surface area contributed by atoms with Crippen LogP contribution < -0.4 is 4.74 Å². The summed E-state index contributed by atoms with van der Waals surface area (Å²) in [6.07, 6.45) is 0. The second-order valence-corrected chi connectivity index (χ2v) is 4.53. The summed E-state index contributed by atoms with van der Waals surface area (Å²) in [4.78, 5) is 0. The van der Waals surface area contributed by atoms with Gasteiger partial charge in [0.2, 0.25) is 0 Å². The second-order valence-electron chi connectivity index (χ2n) is 2.04. The molecule has 0 amide bonds. The molecular weight excluding hydrogens is 366 g/mol. The van der Waals surface area contributed by atoms with E-state index in [9.17, 15) is 0 Å². The van der Waals surface area contributed by atoms with E-state index >= 15 is 0 Å². The Morgan fingerprint density at radius 2 is 1.73 bits per heavy atom. The molecule has 3 heteroatoms. The summed E-state index contributed by atoms with van der Waals surface area (Å²) in [6, 6.07) is 6.18. The van der Waals surface area contributed by atoms with E-state index in [0.717, 1.165) is 12.4 Å². The van der Waals surface area contributed by atoms with Gasteiger partial charge in [0.25, 0.3) is 0 Å². The third-order valence-electron chi connectivity index (χ3n) is 1.15. The standard InChI is InChI=1S/C8H8I2O/c1-2-11-8-4-6(9)3-7(10)5-8/h3-5H,2H2,1H3. The minimum atomic E-state index is 0.732. The molecule has 0 aliphatic carbocycles. The van der Waals surface area contributed by atoms with Crippen LogP contribution in [0, 0.1) is 7.14 Å². The minimum Gasteiger partial charge on any atom is -0.494 e. The Hall–Kier alpha value is 0.480. The van der Waals surface area contributed by atoms with Crippen LogP contribution in [-0.4, -0.2) is 6.61 Å². The molecule has 60 valence electrons. The molecule has 1 nitrogen and oxygen atoms in total. The van der Waals surface area contributed by atoms with E-state index in [1.54, 1.807) is 0 Å². The zero-order valence-electron chi connectivity index (χ0n) is 6.10. The zero-order chi connectivity index (χ0) is 8.27. The van der Waals surface area contributed by atoms with Gasteiger partial charge in [-0.25, -0.2) is 0 Å². The maximum absolute atomic E-state index is 5.36. The Balaban J connectivity index is 2.89. The van der Waals surface area contributed by atoms with Crippen LogP contribution in [0.1, 0.15) is 6.92 Å². The fourth-order valence-electron chi connectivity index (χ4n) is 0.779. The molecule has 0 bridgehead atoms. The first-order valence-corrected chi connectivity index (χ1v) is 5.47. The first-order chi connectivity index (χ1) is 5.22. The predicted octanol–water partition coefficient (Wildman–Crippen LogP) is 3.29. The molecule has 0 saturated heterocycles. The van der Waals surface area contributed by atoms with Crippen molar-refractivity contribution < 1.29 is 4.74 Å². The molecule has 0 aliphatic heterocycles. The van der Waals surface area contributed by atoms with Crippen molar-refractivity contribution in [1.29, 1.82) is 0 Å². The lowest BCUT2D eigenvalue weighted by atomic mass is 10.3. The van der Waals surface area contributed by atoms with Gasteiger partial charge in [0.1, 0.15) is 5.75 Å². The maximum atomic E-state index is 5.36. The Bertz CT molecular complexity index is 228. The van der Waals surface area contributed by atoms with Gasteiger partial charge in [0.05, 0.1) is 6.61 Å². The van der Waals surface area contributed by atoms with E-state index in [0.29, 0.717) is 0 Å². The van der Waals surface area contributed by atoms with Crippen LogP contribution in [-0.2, 0) is 0 Å². The Labute approximate surface area is 93.8 Å². The van der Waals surface area contributed by atoms with E-state index < -0.39 is 0 Å². The van der Waals surface area contributed by atoms with Crippen molar-refractivity contribution in [2.24, 2.45) is 0 Å². The summed E-state index contributed by atoms with van der Waals surface area (Å²) in [7, 11) is 0. The van der Waals surface area contributed by atoms with Crippen LogP contribution in [0.4, 0.5) is 0 Å². The number of hydrogen-bond acceptors (Lipinski definition) is 1. The molecule has 0 atom stereocenters. The Morgan fingerprint density at radius 1 is 1.18 bits per heavy atom. The van der Waals surface area contributed by atoms with Crippen LogP contribution >= 0.6 is 45.2 Å². The van der Waals surface area contributed by atoms with Gasteiger partial charge < -0.3 is 4.74 Å². The van der Waals surface area contributed by atoms with Gasteiger partial charge in [0.15, 0.2) is 0 Å². The van der Waals surface area contributed by atoms with E-state index in [2.05, 4.69) is 51.2 Å². The molecule has 0 spiro atoms. The van der Waals surface area contributed by atoms with Crippen molar-refractivity contribution in [1.82, 2.24) is 0 Å². The van der Waals surface area contributed by atoms with Crippen LogP contribution in [0.5, 0.6) is 5.75 Å². The van der Waals surface area contributed by atoms with Gasteiger partial charge in [-0.15, -0.1) is 0 Å². The van der Waals surface area contributed by atoms with Crippen molar-refractivity contribution in [3.8, 4) is 5.75 Å². The molecule has 0 heterocycles. The third-order valence-corrected chi connectivity index (χ3v) is 2.39. The molecule has 1 rings (SSSR count). The van der Waals surface area contributed by atoms with Gasteiger partial charge in [-0.1, -0.05) is 0 Å². The SMILES string of the molecule is CCOc1cc(I)cc(I)c1. The molecule has 11 heavy (non-hydrogen) atoms. The summed E-state index contributed by atoms with van der Waals surface area (Å²) in [5.74, 6) is 0.962. The van der Waals surface area contributed by atoms with Crippen molar-refractivity contribution in [3.63, 3.8) is 0 Å². The summed E-state index contributed by atoms with van der Waals surface area (Å²) < 4.78 is 7.80. The van der Waals surface area contributed by atoms with Crippen molar-refractivity contribution in [2.45, 2.75) is 6.92 Å². The topological polar surface area (TPSA) is 9.23 Å². The minimum absolute atomic E-state index is 0.732. The van der Waals surface area contributed by atoms with Gasteiger partial charge >= 0.3 is 0 Å². The van der Waals surface area contributed by atoms with Crippen molar-refractivity contribution in [3.05, 3.63) is 25.3 Å². The molecule has 1 aromatic carbocycles. The summed E-state index contributed by atoms with van der Waals surface area (Å²) in [5, 5.41) is 0. The average molecular weight is 374 g/mol. The molecule has 0 aromatic heterocycles. The molecule has 0 saturated carbocycles. The van der Waals surface area contributed by atoms with Crippen LogP contribution in [0.25, 0.3) is 0 Å². The van der Waals surface area contributed by atoms with E-state index in [1.807, 2.05) is 19.1 Å². The fourth-order valence-corrected chi connectivity index (χ4v) is 2.66. The highest BCUT2D eigenvalue weighted by atomic mass is 127. The number of rotatable bonds is 2. The average Bonchev–Trinajstić information content (AvgIpc) is 1.85. The molecule has 0 aliphatic rings. The fraction of sp³-hybridized carbons (Fsp3) is 0.250. The summed E-state index contributed by atoms with van der Waals surface area (Å²) in [5.41, 5.74) is 0. The maximum Gasteiger partial charge on any atom is 0.121 e. The quantitative estimate of drug-likeness (QED) is 0.723. The van der Waals surface area contributed by atoms with E-state index in [1.165, 1.54) is 7.14 Å². The lowest BCUT2D eigenvalue weighted by Crippen LogP contribution is -1.91. The molecule has 1 aromatic rings. The highest BCUT2D eigenvalue weighted by molar-refractivity contribution is 14.1. The highest BCUT2D eigenvalue weighted by Gasteiger charge is 1.96. The Kier molecular flexibility index (Phi) is 3.91. The van der Waals surface area contributed by atoms with E-state index in [4.69, 9.17) is 4.74 Å². The number of hydrogen-bond donors (Lipinski definition) is 0. The summed E-state index contributed by atoms with van der Waals surface area (Å²) in [6.45, 7) is 2.73. The normalized spacial score (nSPS) is 9.73. The molecule has 0 unspecified atom stereocenters. The van der Waals surface area contributed by atoms with Crippen molar-refractivity contribution >= 4 is 45.2 Å². The van der Waals surface area contributed by atoms with Crippen molar-refractivity contribution in [2.75, 3.05) is 6.61 Å². The highest BCUT2D eigenvalue weighted by Crippen LogP contribution is 2.19. The lowest BCUT2D eigenvalue weighted by Gasteiger charge is -2.03. The van der Waals surface area contributed by atoms with Crippen LogP contribution in [0.2, 0.25) is 0 Å². The number of ether oxygens (including phenoxy) is 1. The molecular formula is C8H8I2O. The third kappa shape index (κ3) is 3.14. The second kappa shape index (κ2) is 4.49. The first kappa shape index (κ1) is 9.57. The number of benzene rings is 1. The van der Waals surface area contributed by atoms with Crippen LogP contribution in [0.15, 0.2) is 18.2 Å². The smallest absolute Gasteiger partial charge is 0.121 e. The lowest BCUT2D eigenvalue weighted by molar-refractivity contribution is 0.340. The summed E-state index contributed by atoms with van der Waals surface area (Å²) >= 11 is 4.57. The number of halogens is 2. The predicted molar refractivity (Wildman–Crippen MR) is 63.0 cm³/mol. The first-order valence-electron chi connectivity index (χ1n) is 3.31. The monoisotopic (exact) mass is 374 g/mol. The van der Waals surface area contributed by atoms with Gasteiger partial charge in [-0.3, -0.25) is 0 Å². The van der Waals surface area contributed by atoms with Gasteiger partial charge in [0, 0.05) is 7.14 Å². The Morgan fingerprint density at radius 3 is 2.18 bits per heavy atom. The van der Waals surface area contributed by atoms with E-state index in [-0.39, 0.29) is 0 Å². The molecule has 0 N–H and O–H groups in total. The van der Waals surface area contributed by atoms with Gasteiger partial charge in [-0.2, -0.15) is 0 Å².